The second kappa shape index (κ2) is 13.5. The molecule has 1 unspecified atom stereocenters. The molecule has 2 saturated heterocycles. The second-order valence-corrected chi connectivity index (χ2v) is 10.2. The van der Waals surface area contributed by atoms with E-state index >= 15 is 0 Å². The van der Waals surface area contributed by atoms with Crippen LogP contribution in [0.15, 0.2) is 12.2 Å². The summed E-state index contributed by atoms with van der Waals surface area (Å²) in [7, 11) is 0. The van der Waals surface area contributed by atoms with Gasteiger partial charge in [-0.3, -0.25) is 14.4 Å². The topological polar surface area (TPSA) is 125 Å². The Morgan fingerprint density at radius 2 is 1.77 bits per heavy atom. The van der Waals surface area contributed by atoms with Crippen molar-refractivity contribution in [3.05, 3.63) is 12.2 Å². The number of carbonyl (C=O) groups excluding carboxylic acids is 4. The third-order valence-corrected chi connectivity index (χ3v) is 6.17. The van der Waals surface area contributed by atoms with Crippen LogP contribution in [-0.2, 0) is 23.9 Å². The molecule has 0 aliphatic carbocycles. The Morgan fingerprint density at radius 1 is 1.09 bits per heavy atom. The molecule has 0 aromatic carbocycles. The van der Waals surface area contributed by atoms with Gasteiger partial charge in [-0.15, -0.1) is 0 Å². The smallest absolute Gasteiger partial charge is 0.410 e. The van der Waals surface area contributed by atoms with Crippen molar-refractivity contribution in [1.29, 1.82) is 0 Å². The summed E-state index contributed by atoms with van der Waals surface area (Å²) in [5, 5.41) is 12.1. The quantitative estimate of drug-likeness (QED) is 0.388. The summed E-state index contributed by atoms with van der Waals surface area (Å²) in [5.74, 6) is -1.86. The van der Waals surface area contributed by atoms with Crippen LogP contribution in [0.5, 0.6) is 0 Å². The molecular weight excluding hydrogens is 454 g/mol. The van der Waals surface area contributed by atoms with Gasteiger partial charge in [0.25, 0.3) is 0 Å². The van der Waals surface area contributed by atoms with Crippen molar-refractivity contribution < 1.29 is 33.8 Å². The molecule has 10 heteroatoms. The number of rotatable bonds is 8. The van der Waals surface area contributed by atoms with E-state index in [0.29, 0.717) is 39.0 Å². The SMILES string of the molecule is CCOC(=O)C(CO)CNC(=O)[C@@H]1CCCN(C(=O)/C=C/C2CCN(C(=O)OC(C)(C)C)CC2)C1. The van der Waals surface area contributed by atoms with E-state index in [1.54, 1.807) is 22.8 Å². The van der Waals surface area contributed by atoms with Crippen molar-refractivity contribution >= 4 is 23.9 Å². The van der Waals surface area contributed by atoms with E-state index in [9.17, 15) is 24.3 Å². The number of likely N-dealkylation sites (tertiary alicyclic amines) is 2. The summed E-state index contributed by atoms with van der Waals surface area (Å²) >= 11 is 0. The van der Waals surface area contributed by atoms with Gasteiger partial charge in [0.05, 0.1) is 25.0 Å². The maximum atomic E-state index is 12.7. The maximum absolute atomic E-state index is 12.7. The third-order valence-electron chi connectivity index (χ3n) is 6.17. The van der Waals surface area contributed by atoms with Gasteiger partial charge in [0, 0.05) is 32.7 Å². The number of amides is 3. The fourth-order valence-electron chi connectivity index (χ4n) is 4.17. The van der Waals surface area contributed by atoms with E-state index in [1.165, 1.54) is 0 Å². The van der Waals surface area contributed by atoms with Crippen molar-refractivity contribution in [1.82, 2.24) is 15.1 Å². The zero-order valence-electron chi connectivity index (χ0n) is 21.5. The molecule has 2 aliphatic heterocycles. The second-order valence-electron chi connectivity index (χ2n) is 10.2. The minimum Gasteiger partial charge on any atom is -0.466 e. The Kier molecular flexibility index (Phi) is 11.0. The Hall–Kier alpha value is -2.62. The van der Waals surface area contributed by atoms with E-state index in [0.717, 1.165) is 12.8 Å². The molecule has 0 aromatic heterocycles. The van der Waals surface area contributed by atoms with E-state index in [2.05, 4.69) is 5.32 Å². The number of hydrogen-bond acceptors (Lipinski definition) is 7. The van der Waals surface area contributed by atoms with Gasteiger partial charge in [0.1, 0.15) is 5.60 Å². The van der Waals surface area contributed by atoms with Gasteiger partial charge < -0.3 is 29.7 Å². The first kappa shape index (κ1) is 28.6. The molecule has 2 N–H and O–H groups in total. The number of nitrogens with zero attached hydrogens (tertiary/aromatic N) is 2. The fourth-order valence-corrected chi connectivity index (χ4v) is 4.17. The van der Waals surface area contributed by atoms with Gasteiger partial charge >= 0.3 is 12.1 Å². The molecule has 0 saturated carbocycles. The normalized spacial score (nSPS) is 20.4. The lowest BCUT2D eigenvalue weighted by Gasteiger charge is -2.33. The summed E-state index contributed by atoms with van der Waals surface area (Å²) in [4.78, 5) is 52.7. The summed E-state index contributed by atoms with van der Waals surface area (Å²) < 4.78 is 10.3. The Bertz CT molecular complexity index is 770. The van der Waals surface area contributed by atoms with E-state index in [1.807, 2.05) is 26.8 Å². The first-order valence-electron chi connectivity index (χ1n) is 12.5. The molecule has 10 nitrogen and oxygen atoms in total. The molecule has 2 fully saturated rings. The van der Waals surface area contributed by atoms with Crippen molar-refractivity contribution in [2.75, 3.05) is 45.9 Å². The maximum Gasteiger partial charge on any atom is 0.410 e. The number of aliphatic hydroxyl groups is 1. The molecule has 3 amide bonds. The van der Waals surface area contributed by atoms with Crippen LogP contribution in [0.25, 0.3) is 0 Å². The number of allylic oxidation sites excluding steroid dienone is 1. The van der Waals surface area contributed by atoms with Crippen LogP contribution in [0.1, 0.15) is 53.4 Å². The lowest BCUT2D eigenvalue weighted by molar-refractivity contribution is -0.149. The largest absolute Gasteiger partial charge is 0.466 e. The molecule has 2 atom stereocenters. The highest BCUT2D eigenvalue weighted by atomic mass is 16.6. The van der Waals surface area contributed by atoms with E-state index in [4.69, 9.17) is 9.47 Å². The number of nitrogens with one attached hydrogen (secondary N) is 1. The van der Waals surface area contributed by atoms with E-state index < -0.39 is 24.1 Å². The first-order valence-corrected chi connectivity index (χ1v) is 12.5. The number of aliphatic hydroxyl groups excluding tert-OH is 1. The van der Waals surface area contributed by atoms with Gasteiger partial charge in [0.2, 0.25) is 11.8 Å². The number of ether oxygens (including phenoxy) is 2. The summed E-state index contributed by atoms with van der Waals surface area (Å²) in [6, 6.07) is 0. The summed E-state index contributed by atoms with van der Waals surface area (Å²) in [6.07, 6.45) is 6.08. The molecule has 198 valence electrons. The molecule has 0 bridgehead atoms. The summed E-state index contributed by atoms with van der Waals surface area (Å²) in [6.45, 7) is 9.09. The lowest BCUT2D eigenvalue weighted by atomic mass is 9.95. The molecule has 2 aliphatic rings. The van der Waals surface area contributed by atoms with E-state index in [-0.39, 0.29) is 42.9 Å². The van der Waals surface area contributed by atoms with Crippen LogP contribution in [0, 0.1) is 17.8 Å². The third kappa shape index (κ3) is 9.51. The van der Waals surface area contributed by atoms with Gasteiger partial charge in [0.15, 0.2) is 0 Å². The minimum atomic E-state index is -0.801. The molecule has 0 radical (unpaired) electrons. The van der Waals surface area contributed by atoms with Crippen LogP contribution in [0.4, 0.5) is 4.79 Å². The van der Waals surface area contributed by atoms with Crippen molar-refractivity contribution in [3.63, 3.8) is 0 Å². The van der Waals surface area contributed by atoms with Crippen LogP contribution in [-0.4, -0.2) is 90.3 Å². The highest BCUT2D eigenvalue weighted by Gasteiger charge is 2.30. The highest BCUT2D eigenvalue weighted by Crippen LogP contribution is 2.22. The standard InChI is InChI=1S/C25H41N3O7/c1-5-34-23(32)20(17-29)15-26-22(31)19-7-6-12-28(16-19)21(30)9-8-18-10-13-27(14-11-18)24(33)35-25(2,3)4/h8-9,18-20,29H,5-7,10-17H2,1-4H3,(H,26,31)/b9-8+/t19-,20?/m1/s1. The molecule has 0 spiro atoms. The van der Waals surface area contributed by atoms with Crippen LogP contribution >= 0.6 is 0 Å². The zero-order chi connectivity index (χ0) is 26.0. The number of piperidine rings is 2. The average Bonchev–Trinajstić information content (AvgIpc) is 2.82. The Balaban J connectivity index is 1.79. The predicted molar refractivity (Wildman–Crippen MR) is 129 cm³/mol. The first-order chi connectivity index (χ1) is 16.5. The monoisotopic (exact) mass is 495 g/mol. The molecular formula is C25H41N3O7. The Morgan fingerprint density at radius 3 is 2.37 bits per heavy atom. The number of hydrogen-bond donors (Lipinski definition) is 2. The van der Waals surface area contributed by atoms with Crippen LogP contribution in [0.3, 0.4) is 0 Å². The predicted octanol–water partition coefficient (Wildman–Crippen LogP) is 1.72. The molecule has 0 aromatic rings. The van der Waals surface area contributed by atoms with Gasteiger partial charge in [-0.2, -0.15) is 0 Å². The van der Waals surface area contributed by atoms with Crippen LogP contribution < -0.4 is 5.32 Å². The minimum absolute atomic E-state index is 0.000505. The highest BCUT2D eigenvalue weighted by molar-refractivity contribution is 5.88. The molecule has 35 heavy (non-hydrogen) atoms. The molecule has 2 rings (SSSR count). The number of esters is 1. The van der Waals surface area contributed by atoms with Crippen LogP contribution in [0.2, 0.25) is 0 Å². The lowest BCUT2D eigenvalue weighted by Crippen LogP contribution is -2.46. The Labute approximate surface area is 208 Å². The molecule has 2 heterocycles. The zero-order valence-corrected chi connectivity index (χ0v) is 21.5. The van der Waals surface area contributed by atoms with Gasteiger partial charge in [-0.05, 0) is 65.4 Å². The van der Waals surface area contributed by atoms with Crippen molar-refractivity contribution in [3.8, 4) is 0 Å². The van der Waals surface area contributed by atoms with Crippen molar-refractivity contribution in [2.24, 2.45) is 17.8 Å². The fraction of sp³-hybridized carbons (Fsp3) is 0.760. The number of carbonyl (C=O) groups is 4. The van der Waals surface area contributed by atoms with Crippen molar-refractivity contribution in [2.45, 2.75) is 59.0 Å². The van der Waals surface area contributed by atoms with Gasteiger partial charge in [-0.25, -0.2) is 4.79 Å². The summed E-state index contributed by atoms with van der Waals surface area (Å²) in [5.41, 5.74) is -0.523. The average molecular weight is 496 g/mol. The van der Waals surface area contributed by atoms with Gasteiger partial charge in [-0.1, -0.05) is 6.08 Å².